The second-order valence-electron chi connectivity index (χ2n) is 18.3. The van der Waals surface area contributed by atoms with Crippen molar-refractivity contribution in [3.8, 4) is 68.2 Å². The Kier molecular flexibility index (Phi) is 18.3. The van der Waals surface area contributed by atoms with Crippen LogP contribution in [0.1, 0.15) is 57.1 Å². The lowest BCUT2D eigenvalue weighted by atomic mass is 9.79. The molecule has 2 saturated heterocycles. The van der Waals surface area contributed by atoms with Gasteiger partial charge in [-0.25, -0.2) is 0 Å². The molecule has 0 spiro atoms. The van der Waals surface area contributed by atoms with Crippen molar-refractivity contribution in [3.05, 3.63) is 215 Å². The standard InChI is InChI=1S/C23H24O5.C23H22O5.C18H20BNO/c2*1-25-19-10-8-16(13-21(19)27-3)15-6-5-7-17(12-15)23(24)18-9-11-20(26-2)22(14-18)28-4;1-19-20-14-8-13-17(20)18(21-19,15-9-4-2-5-10-15)16-11-6-3-7-12-16/h5-14,23-24H,1-4H3;5-14H,1-4H3;2-7,9-12,17H,8,13-14H2,1H3/t23-;;17-/m1.1/s1. The van der Waals surface area contributed by atoms with E-state index in [9.17, 15) is 9.90 Å². The van der Waals surface area contributed by atoms with Gasteiger partial charge in [0.15, 0.2) is 51.8 Å². The Bertz CT molecular complexity index is 3200. The van der Waals surface area contributed by atoms with Gasteiger partial charge in [-0.2, -0.15) is 0 Å². The van der Waals surface area contributed by atoms with E-state index in [-0.39, 0.29) is 18.4 Å². The molecule has 8 aromatic rings. The van der Waals surface area contributed by atoms with Gasteiger partial charge in [-0.3, -0.25) is 4.79 Å². The van der Waals surface area contributed by atoms with Crippen LogP contribution >= 0.6 is 0 Å². The minimum Gasteiger partial charge on any atom is -0.493 e. The fraction of sp³-hybridized carbons (Fsp3) is 0.234. The number of hydrogen-bond donors (Lipinski definition) is 1. The first-order valence-corrected chi connectivity index (χ1v) is 25.4. The van der Waals surface area contributed by atoms with Crippen LogP contribution in [-0.4, -0.2) is 92.2 Å². The molecule has 13 heteroatoms. The van der Waals surface area contributed by atoms with Crippen molar-refractivity contribution in [2.75, 3.05) is 63.4 Å². The van der Waals surface area contributed by atoms with Gasteiger partial charge < -0.3 is 52.5 Å². The number of carbonyl (C=O) groups is 1. The van der Waals surface area contributed by atoms with E-state index in [4.69, 9.17) is 42.5 Å². The van der Waals surface area contributed by atoms with Gasteiger partial charge in [-0.05, 0) is 137 Å². The maximum Gasteiger partial charge on any atom is 0.380 e. The normalized spacial score (nSPS) is 14.6. The van der Waals surface area contributed by atoms with Gasteiger partial charge in [0.05, 0.1) is 56.9 Å². The van der Waals surface area contributed by atoms with Crippen LogP contribution in [0.2, 0.25) is 6.82 Å². The molecule has 2 atom stereocenters. The number of nitrogens with zero attached hydrogens (tertiary/aromatic N) is 1. The third-order valence-electron chi connectivity index (χ3n) is 14.1. The second-order valence-corrected chi connectivity index (χ2v) is 18.3. The molecule has 2 aliphatic heterocycles. The molecule has 12 nitrogen and oxygen atoms in total. The van der Waals surface area contributed by atoms with Gasteiger partial charge in [0.2, 0.25) is 0 Å². The van der Waals surface area contributed by atoms with Crippen LogP contribution in [0.25, 0.3) is 22.3 Å². The van der Waals surface area contributed by atoms with Crippen LogP contribution < -0.4 is 37.9 Å². The first kappa shape index (κ1) is 55.0. The molecule has 77 heavy (non-hydrogen) atoms. The van der Waals surface area contributed by atoms with E-state index < -0.39 is 6.10 Å². The van der Waals surface area contributed by atoms with Crippen molar-refractivity contribution in [2.24, 2.45) is 0 Å². The van der Waals surface area contributed by atoms with Gasteiger partial charge in [-0.1, -0.05) is 115 Å². The molecule has 2 heterocycles. The molecule has 0 aliphatic carbocycles. The van der Waals surface area contributed by atoms with Crippen LogP contribution in [0.4, 0.5) is 0 Å². The Morgan fingerprint density at radius 1 is 0.481 bits per heavy atom. The Hall–Kier alpha value is -8.23. The lowest BCUT2D eigenvalue weighted by Gasteiger charge is -2.36. The minimum atomic E-state index is -0.792. The molecule has 2 fully saturated rings. The zero-order chi connectivity index (χ0) is 54.5. The summed E-state index contributed by atoms with van der Waals surface area (Å²) in [5.41, 5.74) is 8.63. The summed E-state index contributed by atoms with van der Waals surface area (Å²) in [5.74, 6) is 4.83. The fourth-order valence-electron chi connectivity index (χ4n) is 10.3. The molecule has 0 bridgehead atoms. The summed E-state index contributed by atoms with van der Waals surface area (Å²) in [6.45, 7) is 3.33. The van der Waals surface area contributed by atoms with E-state index in [0.29, 0.717) is 63.2 Å². The van der Waals surface area contributed by atoms with Gasteiger partial charge in [0.25, 0.3) is 0 Å². The molecular weight excluding hydrogens is 970 g/mol. The van der Waals surface area contributed by atoms with E-state index in [1.165, 1.54) is 24.0 Å². The zero-order valence-electron chi connectivity index (χ0n) is 45.2. The van der Waals surface area contributed by atoms with E-state index in [2.05, 4.69) is 72.3 Å². The number of rotatable bonds is 16. The van der Waals surface area contributed by atoms with Crippen molar-refractivity contribution in [3.63, 3.8) is 0 Å². The molecular formula is C64H66BNO11. The molecule has 0 unspecified atom stereocenters. The number of benzene rings is 8. The highest BCUT2D eigenvalue weighted by atomic mass is 16.5. The molecule has 10 rings (SSSR count). The predicted molar refractivity (Wildman–Crippen MR) is 303 cm³/mol. The molecule has 396 valence electrons. The highest BCUT2D eigenvalue weighted by molar-refractivity contribution is 6.48. The molecule has 0 radical (unpaired) electrons. The first-order valence-electron chi connectivity index (χ1n) is 25.4. The molecule has 0 saturated carbocycles. The number of ether oxygens (including phenoxy) is 8. The van der Waals surface area contributed by atoms with Crippen LogP contribution in [0, 0.1) is 0 Å². The molecule has 8 aromatic carbocycles. The zero-order valence-corrected chi connectivity index (χ0v) is 45.2. The maximum absolute atomic E-state index is 13.0. The largest absolute Gasteiger partial charge is 0.493 e. The Balaban J connectivity index is 0.000000154. The lowest BCUT2D eigenvalue weighted by molar-refractivity contribution is 0.103. The second kappa shape index (κ2) is 25.5. The molecule has 0 aromatic heterocycles. The van der Waals surface area contributed by atoms with E-state index >= 15 is 0 Å². The van der Waals surface area contributed by atoms with Gasteiger partial charge in [-0.15, -0.1) is 0 Å². The van der Waals surface area contributed by atoms with Crippen LogP contribution in [0.3, 0.4) is 0 Å². The smallest absolute Gasteiger partial charge is 0.380 e. The summed E-state index contributed by atoms with van der Waals surface area (Å²) >= 11 is 0. The summed E-state index contributed by atoms with van der Waals surface area (Å²) in [6.07, 6.45) is 1.67. The summed E-state index contributed by atoms with van der Waals surface area (Å²) in [5, 5.41) is 10.9. The summed E-state index contributed by atoms with van der Waals surface area (Å²) in [7, 11) is 12.9. The average molecular weight is 1040 g/mol. The SMILES string of the molecule is CB1OC(c2ccccc2)(c2ccccc2)[C@H]2CCCN12.COc1ccc(-c2cccc([C@@H](O)c3ccc(OC)c(OC)c3)c2)cc1OC.COc1ccc(C(=O)c2cccc(-c3ccc(OC)c(OC)c3)c2)cc1OC. The van der Waals surface area contributed by atoms with Crippen LogP contribution in [0.15, 0.2) is 182 Å². The number of ketones is 1. The van der Waals surface area contributed by atoms with Crippen molar-refractivity contribution in [1.29, 1.82) is 0 Å². The Morgan fingerprint density at radius 2 is 0.909 bits per heavy atom. The van der Waals surface area contributed by atoms with Crippen molar-refractivity contribution < 1.29 is 52.5 Å². The highest BCUT2D eigenvalue weighted by Crippen LogP contribution is 2.49. The van der Waals surface area contributed by atoms with Gasteiger partial charge in [0, 0.05) is 17.2 Å². The van der Waals surface area contributed by atoms with Gasteiger partial charge >= 0.3 is 7.05 Å². The van der Waals surface area contributed by atoms with Crippen LogP contribution in [0.5, 0.6) is 46.0 Å². The third-order valence-corrected chi connectivity index (χ3v) is 14.1. The molecule has 2 aliphatic rings. The van der Waals surface area contributed by atoms with Crippen molar-refractivity contribution >= 4 is 12.8 Å². The van der Waals surface area contributed by atoms with E-state index in [0.717, 1.165) is 39.9 Å². The predicted octanol–water partition coefficient (Wildman–Crippen LogP) is 12.6. The number of hydrogen-bond acceptors (Lipinski definition) is 12. The quantitative estimate of drug-likeness (QED) is 0.0732. The highest BCUT2D eigenvalue weighted by Gasteiger charge is 2.56. The van der Waals surface area contributed by atoms with E-state index in [1.807, 2.05) is 84.9 Å². The minimum absolute atomic E-state index is 0.0942. The van der Waals surface area contributed by atoms with Crippen molar-refractivity contribution in [1.82, 2.24) is 4.81 Å². The molecule has 1 N–H and O–H groups in total. The number of aliphatic hydroxyl groups excluding tert-OH is 1. The molecule has 0 amide bonds. The first-order chi connectivity index (χ1) is 37.5. The Morgan fingerprint density at radius 3 is 1.44 bits per heavy atom. The number of aliphatic hydroxyl groups is 1. The Labute approximate surface area is 452 Å². The third kappa shape index (κ3) is 11.9. The summed E-state index contributed by atoms with van der Waals surface area (Å²) < 4.78 is 49.1. The average Bonchev–Trinajstić information content (AvgIpc) is 4.17. The van der Waals surface area contributed by atoms with Crippen LogP contribution in [-0.2, 0) is 10.3 Å². The van der Waals surface area contributed by atoms with Crippen molar-refractivity contribution in [2.45, 2.75) is 37.4 Å². The monoisotopic (exact) mass is 1040 g/mol. The van der Waals surface area contributed by atoms with Gasteiger partial charge in [0.1, 0.15) is 11.7 Å². The summed E-state index contributed by atoms with van der Waals surface area (Å²) in [4.78, 5) is 15.5. The maximum atomic E-state index is 13.0. The number of carbonyl (C=O) groups excluding carboxylic acids is 1. The summed E-state index contributed by atoms with van der Waals surface area (Å²) in [6, 6.07) is 59.1. The number of fused-ring (bicyclic) bond motifs is 1. The topological polar surface area (TPSA) is 124 Å². The number of methoxy groups -OCH3 is 8. The van der Waals surface area contributed by atoms with E-state index in [1.54, 1.807) is 93.3 Å². The fourth-order valence-corrected chi connectivity index (χ4v) is 10.3. The lowest BCUT2D eigenvalue weighted by Crippen LogP contribution is -2.41.